The third kappa shape index (κ3) is 3.70. The molecule has 1 aromatic heterocycles. The molecule has 0 aliphatic carbocycles. The predicted molar refractivity (Wildman–Crippen MR) is 103 cm³/mol. The van der Waals surface area contributed by atoms with E-state index < -0.39 is 4.92 Å². The summed E-state index contributed by atoms with van der Waals surface area (Å²) in [5, 5.41) is 17.7. The van der Waals surface area contributed by atoms with Gasteiger partial charge in [0.2, 0.25) is 0 Å². The van der Waals surface area contributed by atoms with Crippen LogP contribution in [0, 0.1) is 10.1 Å². The van der Waals surface area contributed by atoms with Gasteiger partial charge in [-0.1, -0.05) is 0 Å². The minimum Gasteiger partial charge on any atom is -0.361 e. The van der Waals surface area contributed by atoms with Gasteiger partial charge in [-0.25, -0.2) is 4.98 Å². The third-order valence-electron chi connectivity index (χ3n) is 4.29. The normalized spacial score (nSPS) is 17.2. The zero-order chi connectivity index (χ0) is 18.8. The molecule has 0 radical (unpaired) electrons. The Morgan fingerprint density at radius 1 is 1.46 bits per heavy atom. The summed E-state index contributed by atoms with van der Waals surface area (Å²) in [5.41, 5.74) is 0.682. The lowest BCUT2D eigenvalue weighted by Gasteiger charge is -2.35. The van der Waals surface area contributed by atoms with Crippen LogP contribution in [0.25, 0.3) is 0 Å². The molecule has 1 atom stereocenters. The third-order valence-corrected chi connectivity index (χ3v) is 4.67. The minimum absolute atomic E-state index is 0.00410. The molecule has 1 aliphatic rings. The van der Waals surface area contributed by atoms with Crippen molar-refractivity contribution in [1.29, 1.82) is 0 Å². The molecule has 2 heterocycles. The van der Waals surface area contributed by atoms with Crippen LogP contribution in [0.5, 0.6) is 0 Å². The van der Waals surface area contributed by atoms with Gasteiger partial charge in [0.15, 0.2) is 5.82 Å². The van der Waals surface area contributed by atoms with Crippen LogP contribution in [0.15, 0.2) is 33.8 Å². The van der Waals surface area contributed by atoms with Crippen LogP contribution in [0.2, 0.25) is 0 Å². The average Bonchev–Trinajstić information content (AvgIpc) is 2.60. The zero-order valence-electron chi connectivity index (χ0n) is 14.4. The summed E-state index contributed by atoms with van der Waals surface area (Å²) in [4.78, 5) is 29.5. The number of piperazine rings is 1. The number of nitrogens with zero attached hydrogens (tertiary/aromatic N) is 4. The van der Waals surface area contributed by atoms with Gasteiger partial charge in [0.05, 0.1) is 4.92 Å². The smallest absolute Gasteiger partial charge is 0.294 e. The Morgan fingerprint density at radius 2 is 2.23 bits per heavy atom. The lowest BCUT2D eigenvalue weighted by Crippen LogP contribution is -2.50. The number of rotatable bonds is 4. The maximum Gasteiger partial charge on any atom is 0.294 e. The zero-order valence-corrected chi connectivity index (χ0v) is 16.0. The van der Waals surface area contributed by atoms with Gasteiger partial charge in [-0.2, -0.15) is 0 Å². The maximum atomic E-state index is 12.2. The number of aryl methyl sites for hydroxylation is 1. The first-order chi connectivity index (χ1) is 12.4. The van der Waals surface area contributed by atoms with Crippen LogP contribution in [0.4, 0.5) is 22.9 Å². The number of anilines is 3. The largest absolute Gasteiger partial charge is 0.361 e. The molecular weight excluding hydrogens is 404 g/mol. The standard InChI is InChI=1S/C16H19BrN6O3/c1-10-8-18-5-6-22(10)12-4-3-11(7-13(12)23(25)26)19-15-16(24)21(2)9-14(17)20-15/h3-4,7,9-10,18H,5-6,8H2,1-2H3,(H,19,20). The predicted octanol–water partition coefficient (Wildman–Crippen LogP) is 1.99. The van der Waals surface area contributed by atoms with Crippen molar-refractivity contribution < 1.29 is 4.92 Å². The molecule has 9 nitrogen and oxygen atoms in total. The van der Waals surface area contributed by atoms with Crippen LogP contribution in [0.1, 0.15) is 6.92 Å². The lowest BCUT2D eigenvalue weighted by atomic mass is 10.1. The number of nitro benzene ring substituents is 1. The molecule has 0 saturated carbocycles. The molecule has 0 spiro atoms. The van der Waals surface area contributed by atoms with Crippen LogP contribution in [-0.2, 0) is 7.05 Å². The van der Waals surface area contributed by atoms with Crippen molar-refractivity contribution in [2.75, 3.05) is 29.9 Å². The quantitative estimate of drug-likeness (QED) is 0.573. The van der Waals surface area contributed by atoms with Crippen LogP contribution in [0.3, 0.4) is 0 Å². The summed E-state index contributed by atoms with van der Waals surface area (Å²) >= 11 is 3.24. The van der Waals surface area contributed by atoms with E-state index in [4.69, 9.17) is 0 Å². The molecule has 26 heavy (non-hydrogen) atoms. The summed E-state index contributed by atoms with van der Waals surface area (Å²) in [6, 6.07) is 5.02. The second-order valence-electron chi connectivity index (χ2n) is 6.16. The minimum atomic E-state index is -0.401. The average molecular weight is 423 g/mol. The maximum absolute atomic E-state index is 12.2. The van der Waals surface area contributed by atoms with E-state index >= 15 is 0 Å². The van der Waals surface area contributed by atoms with Crippen molar-refractivity contribution in [1.82, 2.24) is 14.9 Å². The Bertz CT molecular complexity index is 900. The van der Waals surface area contributed by atoms with Gasteiger partial charge in [-0.3, -0.25) is 14.9 Å². The SMILES string of the molecule is CC1CNCCN1c1ccc(Nc2nc(Br)cn(C)c2=O)cc1[N+](=O)[O-]. The molecule has 1 saturated heterocycles. The van der Waals surface area contributed by atoms with Gasteiger partial charge in [0.25, 0.3) is 11.2 Å². The Labute approximate surface area is 158 Å². The van der Waals surface area contributed by atoms with Crippen molar-refractivity contribution >= 4 is 38.8 Å². The fourth-order valence-corrected chi connectivity index (χ4v) is 3.46. The Kier molecular flexibility index (Phi) is 5.23. The molecule has 2 N–H and O–H groups in total. The highest BCUT2D eigenvalue weighted by atomic mass is 79.9. The van der Waals surface area contributed by atoms with Crippen molar-refractivity contribution in [2.24, 2.45) is 7.05 Å². The van der Waals surface area contributed by atoms with Gasteiger partial charge >= 0.3 is 0 Å². The van der Waals surface area contributed by atoms with Crippen LogP contribution < -0.4 is 21.1 Å². The van der Waals surface area contributed by atoms with Gasteiger partial charge in [-0.15, -0.1) is 0 Å². The number of benzene rings is 1. The molecule has 1 aliphatic heterocycles. The van der Waals surface area contributed by atoms with E-state index in [1.807, 2.05) is 11.8 Å². The van der Waals surface area contributed by atoms with E-state index in [0.717, 1.165) is 13.1 Å². The second kappa shape index (κ2) is 7.42. The second-order valence-corrected chi connectivity index (χ2v) is 6.97. The van der Waals surface area contributed by atoms with Crippen molar-refractivity contribution in [3.05, 3.63) is 49.5 Å². The van der Waals surface area contributed by atoms with Gasteiger partial charge in [-0.05, 0) is 35.0 Å². The lowest BCUT2D eigenvalue weighted by molar-refractivity contribution is -0.384. The van der Waals surface area contributed by atoms with Gasteiger partial charge in [0.1, 0.15) is 10.3 Å². The first-order valence-electron chi connectivity index (χ1n) is 8.13. The Balaban J connectivity index is 1.97. The molecule has 2 aromatic rings. The van der Waals surface area contributed by atoms with Crippen molar-refractivity contribution in [3.8, 4) is 0 Å². The monoisotopic (exact) mass is 422 g/mol. The highest BCUT2D eigenvalue weighted by Gasteiger charge is 2.26. The number of aromatic nitrogens is 2. The molecule has 0 amide bonds. The van der Waals surface area contributed by atoms with Crippen molar-refractivity contribution in [3.63, 3.8) is 0 Å². The topological polar surface area (TPSA) is 105 Å². The molecule has 138 valence electrons. The number of nitrogens with one attached hydrogen (secondary N) is 2. The van der Waals surface area contributed by atoms with E-state index in [-0.39, 0.29) is 23.1 Å². The molecule has 1 aromatic carbocycles. The summed E-state index contributed by atoms with van der Waals surface area (Å²) in [6.07, 6.45) is 1.55. The number of hydrogen-bond acceptors (Lipinski definition) is 7. The van der Waals surface area contributed by atoms with E-state index in [1.165, 1.54) is 10.6 Å². The first kappa shape index (κ1) is 18.3. The van der Waals surface area contributed by atoms with E-state index in [2.05, 4.69) is 31.5 Å². The van der Waals surface area contributed by atoms with E-state index in [1.54, 1.807) is 25.4 Å². The number of hydrogen-bond donors (Lipinski definition) is 2. The first-order valence-corrected chi connectivity index (χ1v) is 8.92. The summed E-state index contributed by atoms with van der Waals surface area (Å²) in [6.45, 7) is 4.27. The fourth-order valence-electron chi connectivity index (χ4n) is 2.98. The number of halogens is 1. The Morgan fingerprint density at radius 3 is 2.92 bits per heavy atom. The highest BCUT2D eigenvalue weighted by Crippen LogP contribution is 2.33. The Hall–Kier alpha value is -2.46. The summed E-state index contributed by atoms with van der Waals surface area (Å²) < 4.78 is 1.87. The van der Waals surface area contributed by atoms with Gasteiger partial charge < -0.3 is 20.1 Å². The summed E-state index contributed by atoms with van der Waals surface area (Å²) in [5.74, 6) is 0.0967. The molecule has 3 rings (SSSR count). The molecule has 0 bridgehead atoms. The molecular formula is C16H19BrN6O3. The highest BCUT2D eigenvalue weighted by molar-refractivity contribution is 9.10. The van der Waals surface area contributed by atoms with Crippen LogP contribution in [-0.4, -0.2) is 40.2 Å². The van der Waals surface area contributed by atoms with Gasteiger partial charge in [0, 0.05) is 50.7 Å². The summed E-state index contributed by atoms with van der Waals surface area (Å²) in [7, 11) is 1.61. The molecule has 10 heteroatoms. The van der Waals surface area contributed by atoms with E-state index in [9.17, 15) is 14.9 Å². The molecule has 1 fully saturated rings. The fraction of sp³-hybridized carbons (Fsp3) is 0.375. The molecule has 1 unspecified atom stereocenters. The van der Waals surface area contributed by atoms with E-state index in [0.29, 0.717) is 22.5 Å². The van der Waals surface area contributed by atoms with Crippen molar-refractivity contribution in [2.45, 2.75) is 13.0 Å². The number of nitro groups is 1. The van der Waals surface area contributed by atoms with Crippen LogP contribution >= 0.6 is 15.9 Å².